The molecule has 0 aliphatic carbocycles. The summed E-state index contributed by atoms with van der Waals surface area (Å²) in [5.74, 6) is -0.190. The summed E-state index contributed by atoms with van der Waals surface area (Å²) >= 11 is 0. The van der Waals surface area contributed by atoms with Crippen molar-refractivity contribution < 1.29 is 9.18 Å². The topological polar surface area (TPSA) is 29.4 Å². The summed E-state index contributed by atoms with van der Waals surface area (Å²) in [4.78, 5) is 16.5. The maximum Gasteiger partial charge on any atom is 0.168 e. The van der Waals surface area contributed by atoms with Crippen LogP contribution in [0.15, 0.2) is 53.5 Å². The van der Waals surface area contributed by atoms with Crippen molar-refractivity contribution in [2.75, 3.05) is 0 Å². The van der Waals surface area contributed by atoms with Gasteiger partial charge in [-0.25, -0.2) is 4.39 Å². The predicted octanol–water partition coefficient (Wildman–Crippen LogP) is 4.37. The first kappa shape index (κ1) is 15.1. The first-order valence-electron chi connectivity index (χ1n) is 6.89. The highest BCUT2D eigenvalue weighted by molar-refractivity contribution is 6.08. The Labute approximate surface area is 124 Å². The molecule has 0 spiro atoms. The van der Waals surface area contributed by atoms with Crippen LogP contribution in [0.25, 0.3) is 0 Å². The monoisotopic (exact) mass is 283 g/mol. The van der Waals surface area contributed by atoms with E-state index in [-0.39, 0.29) is 11.6 Å². The number of halogens is 1. The number of carbonyl (C=O) groups is 1. The van der Waals surface area contributed by atoms with Crippen LogP contribution in [-0.2, 0) is 6.54 Å². The molecule has 0 heterocycles. The smallest absolute Gasteiger partial charge is 0.168 e. The minimum atomic E-state index is -0.256. The zero-order valence-corrected chi connectivity index (χ0v) is 12.3. The van der Waals surface area contributed by atoms with Gasteiger partial charge in [0.25, 0.3) is 0 Å². The number of rotatable bonds is 5. The highest BCUT2D eigenvalue weighted by atomic mass is 19.1. The normalized spacial score (nSPS) is 11.5. The van der Waals surface area contributed by atoms with E-state index in [9.17, 15) is 9.18 Å². The van der Waals surface area contributed by atoms with Crippen molar-refractivity contribution in [1.29, 1.82) is 0 Å². The molecule has 0 amide bonds. The molecule has 3 heteroatoms. The lowest BCUT2D eigenvalue weighted by Crippen LogP contribution is -2.05. The van der Waals surface area contributed by atoms with Crippen molar-refractivity contribution in [2.45, 2.75) is 26.8 Å². The zero-order chi connectivity index (χ0) is 15.2. The summed E-state index contributed by atoms with van der Waals surface area (Å²) in [7, 11) is 0. The molecule has 2 nitrogen and oxygen atoms in total. The molecule has 21 heavy (non-hydrogen) atoms. The number of hydrogen-bond donors (Lipinski definition) is 0. The summed E-state index contributed by atoms with van der Waals surface area (Å²) in [6.07, 6.45) is 0.310. The average Bonchev–Trinajstić information content (AvgIpc) is 2.47. The van der Waals surface area contributed by atoms with Crippen LogP contribution in [0.5, 0.6) is 0 Å². The van der Waals surface area contributed by atoms with E-state index in [4.69, 9.17) is 0 Å². The lowest BCUT2D eigenvalue weighted by Gasteiger charge is -2.03. The maximum absolute atomic E-state index is 12.8. The van der Waals surface area contributed by atoms with Crippen LogP contribution in [0.3, 0.4) is 0 Å². The quantitative estimate of drug-likeness (QED) is 0.592. The minimum Gasteiger partial charge on any atom is -0.294 e. The summed E-state index contributed by atoms with van der Waals surface area (Å²) in [5.41, 5.74) is 3.55. The number of aryl methyl sites for hydroxylation is 1. The van der Waals surface area contributed by atoms with Gasteiger partial charge in [0.2, 0.25) is 0 Å². The van der Waals surface area contributed by atoms with Crippen LogP contribution in [0.1, 0.15) is 34.8 Å². The van der Waals surface area contributed by atoms with Gasteiger partial charge in [0.05, 0.1) is 6.54 Å². The van der Waals surface area contributed by atoms with E-state index in [0.717, 1.165) is 16.8 Å². The highest BCUT2D eigenvalue weighted by Gasteiger charge is 2.07. The Kier molecular flexibility index (Phi) is 4.99. The number of aliphatic imine (C=N–C) groups is 1. The number of nitrogens with zero attached hydrogens (tertiary/aromatic N) is 1. The third kappa shape index (κ3) is 4.63. The second-order valence-corrected chi connectivity index (χ2v) is 5.14. The van der Waals surface area contributed by atoms with Gasteiger partial charge in [-0.05, 0) is 31.5 Å². The SMILES string of the molecule is CC(CC(=O)c1ccc(C)cc1)=NCc1ccc(F)cc1. The van der Waals surface area contributed by atoms with Crippen LogP contribution in [0.2, 0.25) is 0 Å². The van der Waals surface area contributed by atoms with Gasteiger partial charge in [0.15, 0.2) is 5.78 Å². The summed E-state index contributed by atoms with van der Waals surface area (Å²) in [6.45, 7) is 4.30. The van der Waals surface area contributed by atoms with E-state index in [1.807, 2.05) is 38.1 Å². The summed E-state index contributed by atoms with van der Waals surface area (Å²) < 4.78 is 12.8. The molecule has 0 fully saturated rings. The van der Waals surface area contributed by atoms with E-state index in [1.54, 1.807) is 12.1 Å². The van der Waals surface area contributed by atoms with Crippen molar-refractivity contribution in [3.8, 4) is 0 Å². The summed E-state index contributed by atoms with van der Waals surface area (Å²) in [5, 5.41) is 0. The van der Waals surface area contributed by atoms with Crippen LogP contribution < -0.4 is 0 Å². The Balaban J connectivity index is 1.95. The lowest BCUT2D eigenvalue weighted by molar-refractivity contribution is 0.100. The van der Waals surface area contributed by atoms with Gasteiger partial charge in [-0.1, -0.05) is 42.0 Å². The van der Waals surface area contributed by atoms with Crippen LogP contribution in [-0.4, -0.2) is 11.5 Å². The first-order chi connectivity index (χ1) is 10.0. The molecule has 0 saturated heterocycles. The van der Waals surface area contributed by atoms with E-state index >= 15 is 0 Å². The standard InChI is InChI=1S/C18H18FNO/c1-13-3-7-16(8-4-13)18(21)11-14(2)20-12-15-5-9-17(19)10-6-15/h3-10H,11-12H2,1-2H3. The third-order valence-corrected chi connectivity index (χ3v) is 3.23. The second kappa shape index (κ2) is 6.93. The van der Waals surface area contributed by atoms with Crippen molar-refractivity contribution in [3.63, 3.8) is 0 Å². The molecule has 0 bridgehead atoms. The fourth-order valence-electron chi connectivity index (χ4n) is 1.95. The molecule has 0 radical (unpaired) electrons. The third-order valence-electron chi connectivity index (χ3n) is 3.23. The van der Waals surface area contributed by atoms with Gasteiger partial charge in [-0.3, -0.25) is 9.79 Å². The molecule has 0 aliphatic rings. The molecule has 0 aromatic heterocycles. The van der Waals surface area contributed by atoms with Crippen molar-refractivity contribution in [1.82, 2.24) is 0 Å². The van der Waals surface area contributed by atoms with E-state index in [0.29, 0.717) is 18.5 Å². The molecule has 0 N–H and O–H groups in total. The molecule has 2 aromatic carbocycles. The second-order valence-electron chi connectivity index (χ2n) is 5.14. The van der Waals surface area contributed by atoms with E-state index < -0.39 is 0 Å². The van der Waals surface area contributed by atoms with Gasteiger partial charge in [0, 0.05) is 17.7 Å². The van der Waals surface area contributed by atoms with Crippen LogP contribution >= 0.6 is 0 Å². The largest absolute Gasteiger partial charge is 0.294 e. The Morgan fingerprint density at radius 1 is 1.05 bits per heavy atom. The van der Waals surface area contributed by atoms with E-state index in [1.165, 1.54) is 12.1 Å². The fourth-order valence-corrected chi connectivity index (χ4v) is 1.95. The van der Waals surface area contributed by atoms with Crippen molar-refractivity contribution in [2.24, 2.45) is 4.99 Å². The molecule has 0 aliphatic heterocycles. The first-order valence-corrected chi connectivity index (χ1v) is 6.89. The lowest BCUT2D eigenvalue weighted by atomic mass is 10.0. The number of ketones is 1. The van der Waals surface area contributed by atoms with Crippen molar-refractivity contribution in [3.05, 3.63) is 71.0 Å². The zero-order valence-electron chi connectivity index (χ0n) is 12.3. The van der Waals surface area contributed by atoms with Gasteiger partial charge in [0.1, 0.15) is 5.82 Å². The number of benzene rings is 2. The molecule has 2 rings (SSSR count). The number of Topliss-reactive ketones (excluding diaryl/α,β-unsaturated/α-hetero) is 1. The summed E-state index contributed by atoms with van der Waals surface area (Å²) in [6, 6.07) is 13.8. The van der Waals surface area contributed by atoms with Crippen LogP contribution in [0, 0.1) is 12.7 Å². The number of hydrogen-bond acceptors (Lipinski definition) is 2. The van der Waals surface area contributed by atoms with Gasteiger partial charge in [-0.2, -0.15) is 0 Å². The Bertz CT molecular complexity index is 642. The Morgan fingerprint density at radius 3 is 2.29 bits per heavy atom. The van der Waals surface area contributed by atoms with Gasteiger partial charge < -0.3 is 0 Å². The average molecular weight is 283 g/mol. The number of carbonyl (C=O) groups excluding carboxylic acids is 1. The van der Waals surface area contributed by atoms with Crippen molar-refractivity contribution >= 4 is 11.5 Å². The molecule has 2 aromatic rings. The molecular weight excluding hydrogens is 265 g/mol. The molecule has 0 saturated carbocycles. The Morgan fingerprint density at radius 2 is 1.67 bits per heavy atom. The molecule has 0 unspecified atom stereocenters. The Hall–Kier alpha value is -2.29. The van der Waals surface area contributed by atoms with Gasteiger partial charge >= 0.3 is 0 Å². The van der Waals surface area contributed by atoms with E-state index in [2.05, 4.69) is 4.99 Å². The molecular formula is C18H18FNO. The molecule has 108 valence electrons. The predicted molar refractivity (Wildman–Crippen MR) is 83.3 cm³/mol. The van der Waals surface area contributed by atoms with Gasteiger partial charge in [-0.15, -0.1) is 0 Å². The maximum atomic E-state index is 12.8. The highest BCUT2D eigenvalue weighted by Crippen LogP contribution is 2.08. The fraction of sp³-hybridized carbons (Fsp3) is 0.222. The van der Waals surface area contributed by atoms with Crippen LogP contribution in [0.4, 0.5) is 4.39 Å². The molecule has 0 atom stereocenters. The minimum absolute atomic E-state index is 0.0651.